The number of carbonyl (C=O) groups excluding carboxylic acids is 1. The second kappa shape index (κ2) is 13.7. The summed E-state index contributed by atoms with van der Waals surface area (Å²) in [6, 6.07) is 6.48. The lowest BCUT2D eigenvalue weighted by molar-refractivity contribution is -0.142. The van der Waals surface area contributed by atoms with E-state index in [2.05, 4.69) is 0 Å². The van der Waals surface area contributed by atoms with Crippen LogP contribution in [0.15, 0.2) is 24.3 Å². The number of halogens is 2. The zero-order valence-electron chi connectivity index (χ0n) is 24.1. The zero-order valence-corrected chi connectivity index (χ0v) is 25.8. The number of hydrogen-bond acceptors (Lipinski definition) is 8. The summed E-state index contributed by atoms with van der Waals surface area (Å²) in [5.41, 5.74) is 0.287. The number of aliphatic carboxylic acids is 2. The molecule has 4 rings (SSSR count). The number of methoxy groups -OCH3 is 2. The molecule has 0 aliphatic carbocycles. The number of carbonyl (C=O) groups is 3. The minimum Gasteiger partial charge on any atom is -0.496 e. The molecule has 2 aromatic carbocycles. The normalized spacial score (nSPS) is 12.8. The Kier molecular flexibility index (Phi) is 10.2. The Bertz CT molecular complexity index is 1680. The van der Waals surface area contributed by atoms with Gasteiger partial charge in [-0.05, 0) is 43.9 Å². The maximum Gasteiger partial charge on any atom is 0.306 e. The van der Waals surface area contributed by atoms with Gasteiger partial charge >= 0.3 is 11.9 Å². The van der Waals surface area contributed by atoms with Gasteiger partial charge in [-0.25, -0.2) is 8.78 Å². The van der Waals surface area contributed by atoms with Crippen molar-refractivity contribution in [2.24, 2.45) is 11.8 Å². The van der Waals surface area contributed by atoms with Crippen LogP contribution in [0.2, 0.25) is 0 Å². The first kappa shape index (κ1) is 32.2. The third kappa shape index (κ3) is 7.07. The fraction of sp³-hybridized carbons (Fsp3) is 0.387. The minimum absolute atomic E-state index is 0.0486. The summed E-state index contributed by atoms with van der Waals surface area (Å²) in [5.74, 6) is -4.34. The topological polar surface area (TPSA) is 119 Å². The number of carboxylic acids is 2. The quantitative estimate of drug-likeness (QED) is 0.103. The summed E-state index contributed by atoms with van der Waals surface area (Å²) in [6.07, 6.45) is 1.27. The van der Waals surface area contributed by atoms with Crippen molar-refractivity contribution in [1.29, 1.82) is 0 Å². The van der Waals surface area contributed by atoms with Crippen molar-refractivity contribution in [3.8, 4) is 17.2 Å². The first-order valence-electron chi connectivity index (χ1n) is 13.6. The molecule has 0 amide bonds. The zero-order chi connectivity index (χ0) is 31.4. The Morgan fingerprint density at radius 3 is 2.12 bits per heavy atom. The summed E-state index contributed by atoms with van der Waals surface area (Å²) in [5, 5.41) is 18.8. The van der Waals surface area contributed by atoms with E-state index in [1.807, 2.05) is 0 Å². The van der Waals surface area contributed by atoms with Crippen LogP contribution in [0.4, 0.5) is 8.78 Å². The van der Waals surface area contributed by atoms with Crippen molar-refractivity contribution < 1.29 is 47.6 Å². The highest BCUT2D eigenvalue weighted by Gasteiger charge is 2.23. The summed E-state index contributed by atoms with van der Waals surface area (Å²) in [4.78, 5) is 36.0. The Labute approximate surface area is 254 Å². The molecule has 0 spiro atoms. The van der Waals surface area contributed by atoms with E-state index in [1.165, 1.54) is 38.5 Å². The van der Waals surface area contributed by atoms with Crippen LogP contribution in [-0.4, -0.2) is 48.8 Å². The van der Waals surface area contributed by atoms with Gasteiger partial charge in [0, 0.05) is 43.1 Å². The lowest BCUT2D eigenvalue weighted by atomic mass is 10.0. The SMILES string of the molecule is COc1cc2sc(C(=O)C[C@H](C)C(=O)O)cc2c(F)c1CCCOc1c(OC)cc2sc(CC[C@H](C)C(=O)O)cc2c1F. The van der Waals surface area contributed by atoms with Gasteiger partial charge in [0.25, 0.3) is 0 Å². The van der Waals surface area contributed by atoms with E-state index in [1.54, 1.807) is 25.1 Å². The molecule has 8 nitrogen and oxygen atoms in total. The fourth-order valence-electron chi connectivity index (χ4n) is 4.65. The van der Waals surface area contributed by atoms with Gasteiger partial charge in [0.2, 0.25) is 0 Å². The second-order valence-electron chi connectivity index (χ2n) is 10.3. The van der Waals surface area contributed by atoms with Crippen LogP contribution >= 0.6 is 22.7 Å². The van der Waals surface area contributed by atoms with Crippen LogP contribution in [0.25, 0.3) is 20.2 Å². The van der Waals surface area contributed by atoms with Crippen molar-refractivity contribution in [2.75, 3.05) is 20.8 Å². The molecule has 0 bridgehead atoms. The summed E-state index contributed by atoms with van der Waals surface area (Å²) in [6.45, 7) is 3.13. The number of benzene rings is 2. The average Bonchev–Trinajstić information content (AvgIpc) is 3.60. The van der Waals surface area contributed by atoms with E-state index in [4.69, 9.17) is 24.4 Å². The Morgan fingerprint density at radius 2 is 1.47 bits per heavy atom. The first-order valence-corrected chi connectivity index (χ1v) is 15.3. The number of thiophene rings is 2. The number of Topliss-reactive ketones (excluding diaryl/α,β-unsaturated/α-hetero) is 1. The molecule has 2 N–H and O–H groups in total. The second-order valence-corrected chi connectivity index (χ2v) is 12.6. The van der Waals surface area contributed by atoms with Gasteiger partial charge in [-0.1, -0.05) is 13.8 Å². The van der Waals surface area contributed by atoms with Gasteiger partial charge in [0.1, 0.15) is 11.6 Å². The third-order valence-corrected chi connectivity index (χ3v) is 9.51. The largest absolute Gasteiger partial charge is 0.496 e. The van der Waals surface area contributed by atoms with Crippen molar-refractivity contribution in [2.45, 2.75) is 46.0 Å². The van der Waals surface area contributed by atoms with Gasteiger partial charge in [-0.3, -0.25) is 14.4 Å². The highest BCUT2D eigenvalue weighted by Crippen LogP contribution is 2.41. The molecule has 43 heavy (non-hydrogen) atoms. The van der Waals surface area contributed by atoms with Crippen molar-refractivity contribution in [3.63, 3.8) is 0 Å². The maximum atomic E-state index is 15.6. The molecule has 0 aliphatic rings. The molecule has 12 heteroatoms. The van der Waals surface area contributed by atoms with Crippen molar-refractivity contribution >= 4 is 60.6 Å². The van der Waals surface area contributed by atoms with Gasteiger partial charge < -0.3 is 24.4 Å². The summed E-state index contributed by atoms with van der Waals surface area (Å²) in [7, 11) is 2.83. The van der Waals surface area contributed by atoms with Crippen LogP contribution in [0, 0.1) is 23.5 Å². The van der Waals surface area contributed by atoms with E-state index >= 15 is 8.78 Å². The number of carboxylic acid groups (broad SMARTS) is 2. The molecule has 0 aliphatic heterocycles. The van der Waals surface area contributed by atoms with Crippen molar-refractivity contribution in [1.82, 2.24) is 0 Å². The highest BCUT2D eigenvalue weighted by atomic mass is 32.1. The van der Waals surface area contributed by atoms with Gasteiger partial charge in [-0.15, -0.1) is 22.7 Å². The Balaban J connectivity index is 1.48. The first-order chi connectivity index (χ1) is 20.4. The van der Waals surface area contributed by atoms with E-state index in [9.17, 15) is 14.4 Å². The van der Waals surface area contributed by atoms with Crippen molar-refractivity contribution in [3.05, 3.63) is 51.2 Å². The van der Waals surface area contributed by atoms with E-state index < -0.39 is 35.4 Å². The standard InChI is InChI=1S/C31H32F2O8S2/c1-15(30(35)36)7-8-17-11-19-24(42-17)14-23(40-4)29(28(19)33)41-9-5-6-18-22(39-3)13-25-20(27(18)32)12-26(43-25)21(34)10-16(2)31(37)38/h11-16H,5-10H2,1-4H3,(H,35,36)(H,37,38)/t15-,16-/m0/s1. The van der Waals surface area contributed by atoms with E-state index in [0.29, 0.717) is 39.8 Å². The number of ether oxygens (including phenoxy) is 3. The number of ketones is 1. The molecule has 0 unspecified atom stereocenters. The fourth-order valence-corrected chi connectivity index (χ4v) is 6.78. The van der Waals surface area contributed by atoms with Crippen LogP contribution in [0.1, 0.15) is 53.2 Å². The molecular formula is C31H32F2O8S2. The molecule has 0 fully saturated rings. The maximum absolute atomic E-state index is 15.6. The monoisotopic (exact) mass is 634 g/mol. The molecule has 0 radical (unpaired) electrons. The lowest BCUT2D eigenvalue weighted by Gasteiger charge is -2.14. The van der Waals surface area contributed by atoms with Gasteiger partial charge in [-0.2, -0.15) is 0 Å². The number of hydrogen-bond donors (Lipinski definition) is 2. The Morgan fingerprint density at radius 1 is 0.837 bits per heavy atom. The number of fused-ring (bicyclic) bond motifs is 2. The average molecular weight is 635 g/mol. The predicted molar refractivity (Wildman–Crippen MR) is 161 cm³/mol. The highest BCUT2D eigenvalue weighted by molar-refractivity contribution is 7.21. The number of rotatable bonds is 15. The molecule has 230 valence electrons. The Hall–Kier alpha value is -3.77. The van der Waals surface area contributed by atoms with Gasteiger partial charge in [0.15, 0.2) is 23.1 Å². The third-order valence-electron chi connectivity index (χ3n) is 7.25. The molecule has 0 saturated carbocycles. The summed E-state index contributed by atoms with van der Waals surface area (Å²) >= 11 is 2.46. The van der Waals surface area contributed by atoms with Crippen LogP contribution in [0.3, 0.4) is 0 Å². The van der Waals surface area contributed by atoms with Crippen LogP contribution in [0.5, 0.6) is 17.2 Å². The number of aryl methyl sites for hydroxylation is 1. The van der Waals surface area contributed by atoms with E-state index in [-0.39, 0.29) is 52.6 Å². The molecule has 2 aromatic heterocycles. The van der Waals surface area contributed by atoms with Crippen LogP contribution in [-0.2, 0) is 22.4 Å². The van der Waals surface area contributed by atoms with Crippen LogP contribution < -0.4 is 14.2 Å². The molecule has 2 atom stereocenters. The minimum atomic E-state index is -1.08. The van der Waals surface area contributed by atoms with Gasteiger partial charge in [0.05, 0.1) is 37.5 Å². The predicted octanol–water partition coefficient (Wildman–Crippen LogP) is 7.37. The molecular weight excluding hydrogens is 602 g/mol. The molecule has 0 saturated heterocycles. The molecule has 2 heterocycles. The smallest absolute Gasteiger partial charge is 0.306 e. The lowest BCUT2D eigenvalue weighted by Crippen LogP contribution is -2.13. The summed E-state index contributed by atoms with van der Waals surface area (Å²) < 4.78 is 48.9. The van der Waals surface area contributed by atoms with E-state index in [0.717, 1.165) is 16.2 Å². The molecule has 4 aromatic rings.